The average molecular weight is 560 g/mol. The van der Waals surface area contributed by atoms with Gasteiger partial charge in [-0.25, -0.2) is 15.0 Å². The van der Waals surface area contributed by atoms with Gasteiger partial charge in [-0.3, -0.25) is 14.1 Å². The first kappa shape index (κ1) is 26.5. The molecule has 0 saturated carbocycles. The lowest BCUT2D eigenvalue weighted by atomic mass is 9.93. The number of nitrogens with one attached hydrogen (secondary N) is 1. The van der Waals surface area contributed by atoms with Crippen LogP contribution in [0, 0.1) is 0 Å². The summed E-state index contributed by atoms with van der Waals surface area (Å²) in [5.74, 6) is 1.52. The number of rotatable bonds is 9. The molecule has 0 bridgehead atoms. The second kappa shape index (κ2) is 11.1. The summed E-state index contributed by atoms with van der Waals surface area (Å²) in [6, 6.07) is 9.88. The first-order valence-electron chi connectivity index (χ1n) is 13.6. The zero-order valence-electron chi connectivity index (χ0n) is 23.0. The molecule has 0 aliphatic carbocycles. The zero-order chi connectivity index (χ0) is 27.7. The highest BCUT2D eigenvalue weighted by Gasteiger charge is 2.20. The van der Waals surface area contributed by atoms with Gasteiger partial charge in [-0.2, -0.15) is 0 Å². The fourth-order valence-corrected chi connectivity index (χ4v) is 5.66. The van der Waals surface area contributed by atoms with Crippen molar-refractivity contribution in [1.29, 1.82) is 0 Å². The van der Waals surface area contributed by atoms with Crippen LogP contribution < -0.4 is 5.32 Å². The van der Waals surface area contributed by atoms with Gasteiger partial charge in [0.15, 0.2) is 4.96 Å². The summed E-state index contributed by atoms with van der Waals surface area (Å²) in [4.78, 5) is 30.8. The number of hydrogen-bond donors (Lipinski definition) is 1. The van der Waals surface area contributed by atoms with Gasteiger partial charge >= 0.3 is 0 Å². The van der Waals surface area contributed by atoms with Gasteiger partial charge in [0.25, 0.3) is 0 Å². The summed E-state index contributed by atoms with van der Waals surface area (Å²) in [6.45, 7) is 11.4. The van der Waals surface area contributed by atoms with Crippen molar-refractivity contribution in [1.82, 2.24) is 29.4 Å². The average Bonchev–Trinajstić information content (AvgIpc) is 3.64. The predicted molar refractivity (Wildman–Crippen MR) is 155 cm³/mol. The van der Waals surface area contributed by atoms with E-state index in [0.717, 1.165) is 77.3 Å². The number of ether oxygens (including phenoxy) is 1. The minimum Gasteiger partial charge on any atom is -0.379 e. The highest BCUT2D eigenvalue weighted by molar-refractivity contribution is 7.23. The van der Waals surface area contributed by atoms with E-state index in [9.17, 15) is 4.79 Å². The van der Waals surface area contributed by atoms with Crippen LogP contribution in [0.1, 0.15) is 37.8 Å². The molecule has 5 heterocycles. The number of hydrogen-bond acceptors (Lipinski definition) is 10. The number of nitrogens with zero attached hydrogens (tertiary/aromatic N) is 6. The highest BCUT2D eigenvalue weighted by atomic mass is 32.1. The second-order valence-electron chi connectivity index (χ2n) is 11.2. The molecule has 1 aromatic carbocycles. The number of benzene rings is 1. The van der Waals surface area contributed by atoms with E-state index in [0.29, 0.717) is 18.1 Å². The van der Waals surface area contributed by atoms with E-state index in [4.69, 9.17) is 19.2 Å². The van der Waals surface area contributed by atoms with Gasteiger partial charge < -0.3 is 14.6 Å². The van der Waals surface area contributed by atoms with Crippen molar-refractivity contribution in [3.63, 3.8) is 0 Å². The maximum absolute atomic E-state index is 12.6. The number of aromatic nitrogens is 5. The molecule has 40 heavy (non-hydrogen) atoms. The third-order valence-corrected chi connectivity index (χ3v) is 7.96. The molecule has 0 amide bonds. The highest BCUT2D eigenvalue weighted by Crippen LogP contribution is 2.29. The number of carbonyl (C=O) groups excluding carboxylic acids is 1. The van der Waals surface area contributed by atoms with Crippen molar-refractivity contribution in [2.45, 2.75) is 39.0 Å². The molecule has 0 radical (unpaired) electrons. The van der Waals surface area contributed by atoms with Crippen LogP contribution in [-0.4, -0.2) is 74.6 Å². The third kappa shape index (κ3) is 5.91. The van der Waals surface area contributed by atoms with Crippen LogP contribution in [0.2, 0.25) is 0 Å². The Morgan fingerprint density at radius 2 is 1.90 bits per heavy atom. The maximum Gasteiger partial charge on any atom is 0.224 e. The topological polar surface area (TPSA) is 111 Å². The first-order chi connectivity index (χ1) is 19.3. The van der Waals surface area contributed by atoms with E-state index in [2.05, 4.69) is 41.1 Å². The number of carbonyl (C=O) groups is 1. The van der Waals surface area contributed by atoms with Crippen molar-refractivity contribution in [2.24, 2.45) is 0 Å². The Kier molecular flexibility index (Phi) is 7.35. The summed E-state index contributed by atoms with van der Waals surface area (Å²) < 4.78 is 12.8. The smallest absolute Gasteiger partial charge is 0.224 e. The molecule has 1 N–H and O–H groups in total. The fourth-order valence-electron chi connectivity index (χ4n) is 4.70. The van der Waals surface area contributed by atoms with Crippen LogP contribution in [-0.2, 0) is 27.8 Å². The van der Waals surface area contributed by atoms with Crippen molar-refractivity contribution in [2.75, 3.05) is 44.7 Å². The Hall–Kier alpha value is -3.67. The molecule has 0 atom stereocenters. The minimum atomic E-state index is -0.131. The van der Waals surface area contributed by atoms with Gasteiger partial charge in [0, 0.05) is 55.8 Å². The van der Waals surface area contributed by atoms with E-state index >= 15 is 0 Å². The van der Waals surface area contributed by atoms with E-state index in [1.54, 1.807) is 11.3 Å². The van der Waals surface area contributed by atoms with Crippen LogP contribution in [0.4, 0.5) is 5.95 Å². The molecule has 6 rings (SSSR count). The number of morpholine rings is 1. The summed E-state index contributed by atoms with van der Waals surface area (Å²) in [5.41, 5.74) is 4.31. The number of fused-ring (bicyclic) bond motifs is 3. The maximum atomic E-state index is 12.6. The molecular formula is C29H33N7O3S. The van der Waals surface area contributed by atoms with Crippen molar-refractivity contribution in [3.05, 3.63) is 59.7 Å². The molecule has 1 fully saturated rings. The Morgan fingerprint density at radius 3 is 2.65 bits per heavy atom. The molecule has 0 unspecified atom stereocenters. The van der Waals surface area contributed by atoms with Gasteiger partial charge in [-0.15, -0.1) is 0 Å². The van der Waals surface area contributed by atoms with Gasteiger partial charge in [-0.1, -0.05) is 61.5 Å². The minimum absolute atomic E-state index is 0.102. The Bertz CT molecular complexity index is 1630. The molecule has 0 spiro atoms. The van der Waals surface area contributed by atoms with E-state index in [-0.39, 0.29) is 17.6 Å². The molecule has 1 saturated heterocycles. The predicted octanol–water partition coefficient (Wildman–Crippen LogP) is 4.39. The number of anilines is 1. The molecular weight excluding hydrogens is 526 g/mol. The lowest BCUT2D eigenvalue weighted by molar-refractivity contribution is -0.117. The van der Waals surface area contributed by atoms with E-state index in [1.807, 2.05) is 47.1 Å². The van der Waals surface area contributed by atoms with Crippen molar-refractivity contribution in [3.8, 4) is 11.3 Å². The van der Waals surface area contributed by atoms with Crippen molar-refractivity contribution >= 4 is 38.4 Å². The fraction of sp³-hybridized carbons (Fsp3) is 0.414. The largest absolute Gasteiger partial charge is 0.379 e. The monoisotopic (exact) mass is 559 g/mol. The van der Waals surface area contributed by atoms with Gasteiger partial charge in [0.1, 0.15) is 21.9 Å². The van der Waals surface area contributed by atoms with Gasteiger partial charge in [0.2, 0.25) is 5.95 Å². The van der Waals surface area contributed by atoms with Gasteiger partial charge in [-0.05, 0) is 5.56 Å². The third-order valence-electron chi connectivity index (χ3n) is 7.00. The van der Waals surface area contributed by atoms with Crippen molar-refractivity contribution < 1.29 is 14.1 Å². The van der Waals surface area contributed by atoms with Crippen LogP contribution in [0.3, 0.4) is 0 Å². The quantitative estimate of drug-likeness (QED) is 0.281. The Morgan fingerprint density at radius 1 is 1.10 bits per heavy atom. The van der Waals surface area contributed by atoms with E-state index < -0.39 is 0 Å². The summed E-state index contributed by atoms with van der Waals surface area (Å²) in [7, 11) is 0. The Balaban J connectivity index is 1.08. The summed E-state index contributed by atoms with van der Waals surface area (Å²) >= 11 is 1.54. The van der Waals surface area contributed by atoms with Gasteiger partial charge in [0.05, 0.1) is 37.2 Å². The number of imidazole rings is 1. The van der Waals surface area contributed by atoms with E-state index in [1.165, 1.54) is 0 Å². The number of Topliss-reactive ketones (excluding diaryl/α,β-unsaturated/α-hetero) is 1. The molecule has 11 heteroatoms. The lowest BCUT2D eigenvalue weighted by Crippen LogP contribution is -2.39. The van der Waals surface area contributed by atoms with Crippen LogP contribution >= 0.6 is 11.3 Å². The molecule has 4 aromatic heterocycles. The van der Waals surface area contributed by atoms with Crippen LogP contribution in [0.5, 0.6) is 0 Å². The molecule has 1 aliphatic rings. The molecule has 5 aromatic rings. The Labute approximate surface area is 236 Å². The second-order valence-corrected chi connectivity index (χ2v) is 12.1. The normalized spacial score (nSPS) is 14.8. The molecule has 10 nitrogen and oxygen atoms in total. The molecule has 208 valence electrons. The zero-order valence-corrected chi connectivity index (χ0v) is 23.8. The SMILES string of the molecule is CC(C)(C)c1cc(CC(=O)Cc2ccc(-c3cn4c(n3)sc3nc(NCCN5CCOCC5)ncc34)cc2)no1. The number of thiazole rings is 1. The lowest BCUT2D eigenvalue weighted by Gasteiger charge is -2.26. The molecule has 1 aliphatic heterocycles. The number of ketones is 1. The van der Waals surface area contributed by atoms with Crippen LogP contribution in [0.15, 0.2) is 47.2 Å². The van der Waals surface area contributed by atoms with Crippen LogP contribution in [0.25, 0.3) is 26.6 Å². The summed E-state index contributed by atoms with van der Waals surface area (Å²) in [5, 5.41) is 7.40. The first-order valence-corrected chi connectivity index (χ1v) is 14.4. The standard InChI is InChI=1S/C29H33N7O3S/c1-29(2,3)25-16-21(34-39-25)15-22(37)14-19-4-6-20(7-5-19)23-18-36-24-17-31-27(33-26(24)40-28(36)32-23)30-8-9-35-10-12-38-13-11-35/h4-7,16-18H,8-15H2,1-3H3,(H,30,31,33). The summed E-state index contributed by atoms with van der Waals surface area (Å²) in [6.07, 6.45) is 4.48.